The van der Waals surface area contributed by atoms with Gasteiger partial charge in [-0.3, -0.25) is 4.90 Å². The van der Waals surface area contributed by atoms with Gasteiger partial charge in [-0.15, -0.1) is 0 Å². The van der Waals surface area contributed by atoms with Gasteiger partial charge in [-0.25, -0.2) is 0 Å². The second-order valence-electron chi connectivity index (χ2n) is 5.81. The average Bonchev–Trinajstić information content (AvgIpc) is 2.28. The molecule has 1 N–H and O–H groups in total. The largest absolute Gasteiger partial charge is 0.319 e. The van der Waals surface area contributed by atoms with E-state index in [0.29, 0.717) is 6.04 Å². The van der Waals surface area contributed by atoms with Crippen LogP contribution in [0.3, 0.4) is 0 Å². The third-order valence-electron chi connectivity index (χ3n) is 4.06. The fourth-order valence-corrected chi connectivity index (χ4v) is 3.44. The van der Waals surface area contributed by atoms with Gasteiger partial charge >= 0.3 is 0 Å². The Hall–Kier alpha value is -0.860. The number of aryl methyl sites for hydroxylation is 2. The van der Waals surface area contributed by atoms with Crippen LogP contribution in [0.15, 0.2) is 18.2 Å². The molecule has 2 rings (SSSR count). The highest BCUT2D eigenvalue weighted by atomic mass is 15.1. The molecule has 2 heteroatoms. The molecule has 2 nitrogen and oxygen atoms in total. The number of hydrogen-bond acceptors (Lipinski definition) is 2. The number of hydrogen-bond donors (Lipinski definition) is 1. The molecule has 0 spiro atoms. The third kappa shape index (κ3) is 2.93. The Balaban J connectivity index is 2.30. The molecule has 1 aliphatic heterocycles. The van der Waals surface area contributed by atoms with Crippen molar-refractivity contribution in [1.29, 1.82) is 0 Å². The lowest BCUT2D eigenvalue weighted by Gasteiger charge is -2.40. The lowest BCUT2D eigenvalue weighted by molar-refractivity contribution is 0.121. The number of rotatable bonds is 3. The zero-order valence-electron chi connectivity index (χ0n) is 12.2. The minimum Gasteiger partial charge on any atom is -0.319 e. The van der Waals surface area contributed by atoms with E-state index in [4.69, 9.17) is 0 Å². The predicted octanol–water partition coefficient (Wildman–Crippen LogP) is 2.91. The molecule has 1 aliphatic rings. The second-order valence-corrected chi connectivity index (χ2v) is 5.81. The van der Waals surface area contributed by atoms with Gasteiger partial charge in [0.25, 0.3) is 0 Å². The highest BCUT2D eigenvalue weighted by molar-refractivity contribution is 5.31. The van der Waals surface area contributed by atoms with E-state index in [1.807, 2.05) is 0 Å². The van der Waals surface area contributed by atoms with Gasteiger partial charge in [-0.05, 0) is 65.4 Å². The monoisotopic (exact) mass is 246 g/mol. The molecular formula is C16H26N2. The van der Waals surface area contributed by atoms with Crippen molar-refractivity contribution in [2.45, 2.75) is 32.7 Å². The minimum atomic E-state index is 0.574. The molecule has 2 atom stereocenters. The second kappa shape index (κ2) is 5.85. The van der Waals surface area contributed by atoms with Gasteiger partial charge in [0, 0.05) is 6.04 Å². The highest BCUT2D eigenvalue weighted by Gasteiger charge is 2.30. The zero-order valence-corrected chi connectivity index (χ0v) is 12.2. The van der Waals surface area contributed by atoms with Crippen molar-refractivity contribution in [2.24, 2.45) is 5.92 Å². The van der Waals surface area contributed by atoms with Crippen LogP contribution >= 0.6 is 0 Å². The molecule has 2 unspecified atom stereocenters. The molecule has 0 radical (unpaired) electrons. The summed E-state index contributed by atoms with van der Waals surface area (Å²) in [5.41, 5.74) is 4.26. The predicted molar refractivity (Wildman–Crippen MR) is 77.9 cm³/mol. The summed E-state index contributed by atoms with van der Waals surface area (Å²) in [6, 6.07) is 7.56. The lowest BCUT2D eigenvalue weighted by Crippen LogP contribution is -2.39. The van der Waals surface area contributed by atoms with Crippen LogP contribution in [0.5, 0.6) is 0 Å². The number of likely N-dealkylation sites (tertiary alicyclic amines) is 1. The molecule has 0 amide bonds. The molecule has 1 fully saturated rings. The Bertz CT molecular complexity index is 378. The van der Waals surface area contributed by atoms with E-state index in [2.05, 4.69) is 56.4 Å². The van der Waals surface area contributed by atoms with Crippen molar-refractivity contribution >= 4 is 0 Å². The third-order valence-corrected chi connectivity index (χ3v) is 4.06. The summed E-state index contributed by atoms with van der Waals surface area (Å²) in [6.07, 6.45) is 2.66. The number of nitrogens with zero attached hydrogens (tertiary/aromatic N) is 1. The van der Waals surface area contributed by atoms with E-state index >= 15 is 0 Å². The molecule has 100 valence electrons. The van der Waals surface area contributed by atoms with E-state index in [0.717, 1.165) is 12.5 Å². The van der Waals surface area contributed by atoms with Crippen LogP contribution in [0.1, 0.15) is 35.6 Å². The molecule has 1 aromatic rings. The summed E-state index contributed by atoms with van der Waals surface area (Å²) in [6.45, 7) is 6.73. The minimum absolute atomic E-state index is 0.574. The molecule has 18 heavy (non-hydrogen) atoms. The standard InChI is InChI=1S/C16H26N2/c1-12-8-13(2)10-15(9-12)16-14(11-17-3)6-5-7-18(16)4/h8-10,14,16-17H,5-7,11H2,1-4H3. The Kier molecular flexibility index (Phi) is 4.41. The van der Waals surface area contributed by atoms with Gasteiger partial charge < -0.3 is 5.32 Å². The van der Waals surface area contributed by atoms with Crippen molar-refractivity contribution < 1.29 is 0 Å². The van der Waals surface area contributed by atoms with E-state index in [9.17, 15) is 0 Å². The maximum Gasteiger partial charge on any atom is 0.0385 e. The molecule has 0 saturated carbocycles. The molecule has 1 saturated heterocycles. The smallest absolute Gasteiger partial charge is 0.0385 e. The van der Waals surface area contributed by atoms with E-state index in [1.165, 1.54) is 36.1 Å². The normalized spacial score (nSPS) is 25.3. The molecule has 1 heterocycles. The van der Waals surface area contributed by atoms with Gasteiger partial charge in [0.05, 0.1) is 0 Å². The van der Waals surface area contributed by atoms with Crippen LogP contribution in [0, 0.1) is 19.8 Å². The van der Waals surface area contributed by atoms with Crippen molar-refractivity contribution in [2.75, 3.05) is 27.2 Å². The fraction of sp³-hybridized carbons (Fsp3) is 0.625. The van der Waals surface area contributed by atoms with Gasteiger partial charge in [0.1, 0.15) is 0 Å². The van der Waals surface area contributed by atoms with E-state index in [-0.39, 0.29) is 0 Å². The summed E-state index contributed by atoms with van der Waals surface area (Å²) in [5, 5.41) is 3.36. The lowest BCUT2D eigenvalue weighted by atomic mass is 9.84. The van der Waals surface area contributed by atoms with E-state index in [1.54, 1.807) is 0 Å². The van der Waals surface area contributed by atoms with Gasteiger partial charge in [0.2, 0.25) is 0 Å². The van der Waals surface area contributed by atoms with Crippen LogP contribution in [0.2, 0.25) is 0 Å². The van der Waals surface area contributed by atoms with Crippen molar-refractivity contribution in [3.8, 4) is 0 Å². The molecular weight excluding hydrogens is 220 g/mol. The van der Waals surface area contributed by atoms with Crippen molar-refractivity contribution in [3.05, 3.63) is 34.9 Å². The van der Waals surface area contributed by atoms with Crippen molar-refractivity contribution in [1.82, 2.24) is 10.2 Å². The quantitative estimate of drug-likeness (QED) is 0.882. The van der Waals surface area contributed by atoms with E-state index < -0.39 is 0 Å². The van der Waals surface area contributed by atoms with Gasteiger partial charge in [-0.1, -0.05) is 29.3 Å². The summed E-state index contributed by atoms with van der Waals surface area (Å²) >= 11 is 0. The van der Waals surface area contributed by atoms with Crippen LogP contribution in [0.25, 0.3) is 0 Å². The molecule has 1 aromatic carbocycles. The maximum atomic E-state index is 3.36. The van der Waals surface area contributed by atoms with Crippen LogP contribution < -0.4 is 5.32 Å². The van der Waals surface area contributed by atoms with Gasteiger partial charge in [0.15, 0.2) is 0 Å². The zero-order chi connectivity index (χ0) is 13.1. The molecule has 0 bridgehead atoms. The first kappa shape index (κ1) is 13.6. The molecule has 0 aliphatic carbocycles. The topological polar surface area (TPSA) is 15.3 Å². The summed E-state index contributed by atoms with van der Waals surface area (Å²) in [5.74, 6) is 0.731. The number of benzene rings is 1. The SMILES string of the molecule is CNCC1CCCN(C)C1c1cc(C)cc(C)c1. The Morgan fingerprint density at radius 3 is 2.50 bits per heavy atom. The van der Waals surface area contributed by atoms with Crippen LogP contribution in [0.4, 0.5) is 0 Å². The average molecular weight is 246 g/mol. The first-order chi connectivity index (χ1) is 8.61. The van der Waals surface area contributed by atoms with Crippen molar-refractivity contribution in [3.63, 3.8) is 0 Å². The Morgan fingerprint density at radius 2 is 1.89 bits per heavy atom. The van der Waals surface area contributed by atoms with Crippen LogP contribution in [-0.2, 0) is 0 Å². The summed E-state index contributed by atoms with van der Waals surface area (Å²) in [4.78, 5) is 2.53. The van der Waals surface area contributed by atoms with Gasteiger partial charge in [-0.2, -0.15) is 0 Å². The maximum absolute atomic E-state index is 3.36. The summed E-state index contributed by atoms with van der Waals surface area (Å²) in [7, 11) is 4.33. The summed E-state index contributed by atoms with van der Waals surface area (Å²) < 4.78 is 0. The Labute approximate surface area is 111 Å². The molecule has 0 aromatic heterocycles. The first-order valence-corrected chi connectivity index (χ1v) is 7.05. The number of piperidine rings is 1. The van der Waals surface area contributed by atoms with Crippen LogP contribution in [-0.4, -0.2) is 32.1 Å². The number of nitrogens with one attached hydrogen (secondary N) is 1. The first-order valence-electron chi connectivity index (χ1n) is 7.05. The Morgan fingerprint density at radius 1 is 1.22 bits per heavy atom. The fourth-order valence-electron chi connectivity index (χ4n) is 3.44. The highest BCUT2D eigenvalue weighted by Crippen LogP contribution is 2.35.